The van der Waals surface area contributed by atoms with Gasteiger partial charge >= 0.3 is 0 Å². The zero-order valence-electron chi connectivity index (χ0n) is 4.52. The maximum atomic E-state index is 5.27. The molecule has 0 aromatic rings. The molecule has 1 aliphatic rings. The van der Waals surface area contributed by atoms with Crippen molar-refractivity contribution in [2.24, 2.45) is 0 Å². The first kappa shape index (κ1) is 5.45. The van der Waals surface area contributed by atoms with E-state index in [4.69, 9.17) is 4.74 Å². The van der Waals surface area contributed by atoms with E-state index in [-0.39, 0.29) is 0 Å². The summed E-state index contributed by atoms with van der Waals surface area (Å²) in [6.45, 7) is 0.978. The lowest BCUT2D eigenvalue weighted by atomic mass is 10.4. The van der Waals surface area contributed by atoms with Crippen molar-refractivity contribution in [3.8, 4) is 0 Å². The van der Waals surface area contributed by atoms with Gasteiger partial charge in [0.2, 0.25) is 0 Å². The second-order valence-corrected chi connectivity index (χ2v) is 2.68. The van der Waals surface area contributed by atoms with Crippen molar-refractivity contribution in [1.82, 2.24) is 0 Å². The van der Waals surface area contributed by atoms with Crippen molar-refractivity contribution >= 4 is 11.8 Å². The molecule has 0 spiro atoms. The molecule has 0 N–H and O–H groups in total. The van der Waals surface area contributed by atoms with Crippen LogP contribution in [0.4, 0.5) is 0 Å². The smallest absolute Gasteiger partial charge is 0.103 e. The number of hydrogen-bond acceptors (Lipinski definition) is 2. The second-order valence-electron chi connectivity index (χ2n) is 1.68. The lowest BCUT2D eigenvalue weighted by Crippen LogP contribution is -1.95. The van der Waals surface area contributed by atoms with Gasteiger partial charge in [0.05, 0.1) is 0 Å². The maximum Gasteiger partial charge on any atom is 0.103 e. The van der Waals surface area contributed by atoms with Gasteiger partial charge in [-0.3, -0.25) is 0 Å². The summed E-state index contributed by atoms with van der Waals surface area (Å²) in [7, 11) is 0. The number of thioether (sulfide) groups is 1. The van der Waals surface area contributed by atoms with Gasteiger partial charge in [-0.25, -0.2) is 0 Å². The van der Waals surface area contributed by atoms with Crippen LogP contribution in [0.5, 0.6) is 0 Å². The van der Waals surface area contributed by atoms with E-state index in [2.05, 4.69) is 6.26 Å². The van der Waals surface area contributed by atoms with Crippen LogP contribution in [-0.2, 0) is 4.74 Å². The summed E-state index contributed by atoms with van der Waals surface area (Å²) in [4.78, 5) is 0. The van der Waals surface area contributed by atoms with Gasteiger partial charge in [-0.15, -0.1) is 11.8 Å². The van der Waals surface area contributed by atoms with E-state index in [0.717, 1.165) is 6.61 Å². The van der Waals surface area contributed by atoms with Gasteiger partial charge < -0.3 is 4.74 Å². The van der Waals surface area contributed by atoms with Gasteiger partial charge in [0, 0.05) is 6.61 Å². The van der Waals surface area contributed by atoms with Gasteiger partial charge in [0.25, 0.3) is 0 Å². The Balaban J connectivity index is 2.14. The van der Waals surface area contributed by atoms with Gasteiger partial charge in [0.1, 0.15) is 5.44 Å². The Morgan fingerprint density at radius 3 is 2.86 bits per heavy atom. The van der Waals surface area contributed by atoms with Crippen molar-refractivity contribution in [2.75, 3.05) is 12.9 Å². The number of ether oxygens (including phenoxy) is 1. The fourth-order valence-electron chi connectivity index (χ4n) is 0.734. The lowest BCUT2D eigenvalue weighted by Gasteiger charge is -2.01. The quantitative estimate of drug-likeness (QED) is 0.516. The zero-order valence-corrected chi connectivity index (χ0v) is 5.33. The average Bonchev–Trinajstić information content (AvgIpc) is 2.14. The minimum atomic E-state index is 0.514. The predicted molar refractivity (Wildman–Crippen MR) is 32.5 cm³/mol. The van der Waals surface area contributed by atoms with Crippen molar-refractivity contribution in [3.05, 3.63) is 0 Å². The highest BCUT2D eigenvalue weighted by Crippen LogP contribution is 2.20. The second kappa shape index (κ2) is 2.58. The van der Waals surface area contributed by atoms with Crippen LogP contribution in [0, 0.1) is 0 Å². The van der Waals surface area contributed by atoms with Gasteiger partial charge in [-0.05, 0) is 19.1 Å². The molecule has 42 valence electrons. The van der Waals surface area contributed by atoms with Gasteiger partial charge in [-0.2, -0.15) is 0 Å². The lowest BCUT2D eigenvalue weighted by molar-refractivity contribution is 0.174. The van der Waals surface area contributed by atoms with Crippen molar-refractivity contribution in [3.63, 3.8) is 0 Å². The molecule has 0 saturated carbocycles. The molecule has 0 aromatic carbocycles. The first-order valence-electron chi connectivity index (χ1n) is 2.58. The van der Waals surface area contributed by atoms with E-state index in [1.165, 1.54) is 12.8 Å². The van der Waals surface area contributed by atoms with E-state index >= 15 is 0 Å². The summed E-state index contributed by atoms with van der Waals surface area (Å²) in [5.74, 6) is 0. The Morgan fingerprint density at radius 1 is 1.71 bits per heavy atom. The maximum absolute atomic E-state index is 5.27. The first-order valence-corrected chi connectivity index (χ1v) is 3.86. The zero-order chi connectivity index (χ0) is 5.11. The third-order valence-electron chi connectivity index (χ3n) is 1.15. The minimum absolute atomic E-state index is 0.514. The molecule has 7 heavy (non-hydrogen) atoms. The van der Waals surface area contributed by atoms with Crippen LogP contribution < -0.4 is 0 Å². The molecule has 1 aliphatic heterocycles. The molecule has 1 fully saturated rings. The fraction of sp³-hybridized carbons (Fsp3) is 1.00. The average molecular weight is 118 g/mol. The fourth-order valence-corrected chi connectivity index (χ4v) is 1.37. The summed E-state index contributed by atoms with van der Waals surface area (Å²) in [6.07, 6.45) is 4.60. The first-order chi connectivity index (χ1) is 3.43. The Morgan fingerprint density at radius 2 is 2.57 bits per heavy atom. The van der Waals surface area contributed by atoms with E-state index in [1.54, 1.807) is 0 Å². The van der Waals surface area contributed by atoms with Crippen LogP contribution in [0.3, 0.4) is 0 Å². The molecule has 1 saturated heterocycles. The highest BCUT2D eigenvalue weighted by molar-refractivity contribution is 7.99. The summed E-state index contributed by atoms with van der Waals surface area (Å²) < 4.78 is 5.27. The predicted octanol–water partition coefficient (Wildman–Crippen LogP) is 1.49. The minimum Gasteiger partial charge on any atom is -0.368 e. The highest BCUT2D eigenvalue weighted by atomic mass is 32.2. The van der Waals surface area contributed by atoms with Gasteiger partial charge in [-0.1, -0.05) is 0 Å². The Kier molecular flexibility index (Phi) is 2.00. The molecular formula is C5H10OS. The molecule has 1 rings (SSSR count). The van der Waals surface area contributed by atoms with Crippen molar-refractivity contribution < 1.29 is 4.74 Å². The summed E-state index contributed by atoms with van der Waals surface area (Å²) >= 11 is 1.81. The Bertz CT molecular complexity index is 50.0. The summed E-state index contributed by atoms with van der Waals surface area (Å²) in [5.41, 5.74) is 0.514. The van der Waals surface area contributed by atoms with Crippen LogP contribution in [0.2, 0.25) is 0 Å². The molecule has 1 heterocycles. The topological polar surface area (TPSA) is 9.23 Å². The number of hydrogen-bond donors (Lipinski definition) is 0. The molecule has 0 amide bonds. The molecule has 0 unspecified atom stereocenters. The summed E-state index contributed by atoms with van der Waals surface area (Å²) in [6, 6.07) is 0. The normalized spacial score (nSPS) is 31.3. The van der Waals surface area contributed by atoms with Crippen LogP contribution in [0.15, 0.2) is 0 Å². The van der Waals surface area contributed by atoms with Crippen molar-refractivity contribution in [2.45, 2.75) is 18.3 Å². The molecule has 0 aliphatic carbocycles. The van der Waals surface area contributed by atoms with E-state index in [9.17, 15) is 0 Å². The molecular weight excluding hydrogens is 108 g/mol. The van der Waals surface area contributed by atoms with Crippen LogP contribution in [-0.4, -0.2) is 18.3 Å². The van der Waals surface area contributed by atoms with Gasteiger partial charge in [0.15, 0.2) is 0 Å². The Labute approximate surface area is 48.4 Å². The SMILES string of the molecule is CS[C@@H]1CCCO1. The molecule has 0 aromatic heterocycles. The molecule has 0 bridgehead atoms. The molecule has 1 nitrogen and oxygen atoms in total. The Hall–Kier alpha value is 0.310. The van der Waals surface area contributed by atoms with Crippen LogP contribution in [0.1, 0.15) is 12.8 Å². The number of rotatable bonds is 1. The molecule has 2 heteroatoms. The highest BCUT2D eigenvalue weighted by Gasteiger charge is 2.12. The van der Waals surface area contributed by atoms with E-state index < -0.39 is 0 Å². The standard InChI is InChI=1S/C5H10OS/c1-7-5-3-2-4-6-5/h5H,2-4H2,1H3/t5-/m1/s1. The van der Waals surface area contributed by atoms with E-state index in [0.29, 0.717) is 5.44 Å². The monoisotopic (exact) mass is 118 g/mol. The van der Waals surface area contributed by atoms with Crippen LogP contribution >= 0.6 is 11.8 Å². The van der Waals surface area contributed by atoms with Crippen LogP contribution in [0.25, 0.3) is 0 Å². The third kappa shape index (κ3) is 1.35. The van der Waals surface area contributed by atoms with E-state index in [1.807, 2.05) is 11.8 Å². The molecule has 1 atom stereocenters. The largest absolute Gasteiger partial charge is 0.368 e. The summed E-state index contributed by atoms with van der Waals surface area (Å²) in [5, 5.41) is 0. The third-order valence-corrected chi connectivity index (χ3v) is 2.05. The van der Waals surface area contributed by atoms with Crippen molar-refractivity contribution in [1.29, 1.82) is 0 Å². The molecule has 0 radical (unpaired) electrons.